The summed E-state index contributed by atoms with van der Waals surface area (Å²) in [5.74, 6) is -0.0339. The van der Waals surface area contributed by atoms with Gasteiger partial charge in [-0.05, 0) is 37.2 Å². The molecule has 0 saturated carbocycles. The second-order valence-electron chi connectivity index (χ2n) is 8.02. The number of rotatable bonds is 7. The summed E-state index contributed by atoms with van der Waals surface area (Å²) in [5.41, 5.74) is 2.33. The highest BCUT2D eigenvalue weighted by atomic mass is 16.2. The minimum absolute atomic E-state index is 0.165. The Morgan fingerprint density at radius 3 is 2.45 bits per heavy atom. The molecule has 0 fully saturated rings. The first-order chi connectivity index (χ1) is 13.8. The number of nitrogens with one attached hydrogen (secondary N) is 1. The van der Waals surface area contributed by atoms with E-state index in [1.165, 1.54) is 10.2 Å². The van der Waals surface area contributed by atoms with Crippen LogP contribution in [0.2, 0.25) is 0 Å². The van der Waals surface area contributed by atoms with E-state index < -0.39 is 0 Å². The van der Waals surface area contributed by atoms with Gasteiger partial charge in [-0.1, -0.05) is 56.3 Å². The number of carbonyl (C=O) groups excluding carboxylic acids is 1. The van der Waals surface area contributed by atoms with Gasteiger partial charge in [0.1, 0.15) is 0 Å². The molecule has 2 aromatic carbocycles. The molecule has 3 rings (SSSR count). The molecule has 0 atom stereocenters. The highest BCUT2D eigenvalue weighted by molar-refractivity contribution is 6.04. The summed E-state index contributed by atoms with van der Waals surface area (Å²) in [6.45, 7) is 5.75. The van der Waals surface area contributed by atoms with Gasteiger partial charge in [0.25, 0.3) is 11.5 Å². The first-order valence-electron chi connectivity index (χ1n) is 9.85. The van der Waals surface area contributed by atoms with Crippen molar-refractivity contribution in [2.75, 3.05) is 14.1 Å². The molecule has 6 nitrogen and oxygen atoms in total. The second kappa shape index (κ2) is 9.01. The molecule has 0 radical (unpaired) electrons. The Bertz CT molecular complexity index is 1070. The number of benzene rings is 2. The van der Waals surface area contributed by atoms with Crippen LogP contribution in [0.15, 0.2) is 53.3 Å². The van der Waals surface area contributed by atoms with Crippen LogP contribution in [0.25, 0.3) is 10.8 Å². The van der Waals surface area contributed by atoms with Crippen LogP contribution in [0.1, 0.15) is 35.5 Å². The summed E-state index contributed by atoms with van der Waals surface area (Å²) in [6.07, 6.45) is 0. The Morgan fingerprint density at radius 1 is 1.07 bits per heavy atom. The Hall–Kier alpha value is -2.99. The molecule has 0 unspecified atom stereocenters. The van der Waals surface area contributed by atoms with E-state index in [0.29, 0.717) is 23.9 Å². The fraction of sp³-hybridized carbons (Fsp3) is 0.348. The molecule has 1 aromatic heterocycles. The maximum absolute atomic E-state index is 12.9. The minimum Gasteiger partial charge on any atom is -0.347 e. The van der Waals surface area contributed by atoms with Crippen LogP contribution in [-0.2, 0) is 19.6 Å². The van der Waals surface area contributed by atoms with E-state index in [4.69, 9.17) is 0 Å². The Kier molecular flexibility index (Phi) is 6.44. The lowest BCUT2D eigenvalue weighted by Gasteiger charge is -2.13. The van der Waals surface area contributed by atoms with Gasteiger partial charge in [0.15, 0.2) is 5.69 Å². The van der Waals surface area contributed by atoms with Crippen molar-refractivity contribution in [2.24, 2.45) is 5.92 Å². The third kappa shape index (κ3) is 5.09. The van der Waals surface area contributed by atoms with Crippen LogP contribution in [0.4, 0.5) is 0 Å². The van der Waals surface area contributed by atoms with Gasteiger partial charge in [0, 0.05) is 25.0 Å². The molecule has 0 saturated heterocycles. The van der Waals surface area contributed by atoms with E-state index in [9.17, 15) is 9.59 Å². The minimum atomic E-state index is -0.281. The molecule has 1 amide bonds. The topological polar surface area (TPSA) is 67.2 Å². The number of hydrogen-bond acceptors (Lipinski definition) is 4. The van der Waals surface area contributed by atoms with Crippen molar-refractivity contribution in [1.29, 1.82) is 0 Å². The summed E-state index contributed by atoms with van der Waals surface area (Å²) < 4.78 is 1.40. The van der Waals surface area contributed by atoms with Crippen LogP contribution in [0, 0.1) is 5.92 Å². The molecule has 0 bridgehead atoms. The van der Waals surface area contributed by atoms with Gasteiger partial charge in [-0.2, -0.15) is 5.10 Å². The number of aromatic nitrogens is 2. The van der Waals surface area contributed by atoms with E-state index >= 15 is 0 Å². The third-order valence-electron chi connectivity index (χ3n) is 4.56. The van der Waals surface area contributed by atoms with E-state index in [1.807, 2.05) is 46.1 Å². The Labute approximate surface area is 171 Å². The van der Waals surface area contributed by atoms with Crippen LogP contribution in [0.3, 0.4) is 0 Å². The van der Waals surface area contributed by atoms with Crippen molar-refractivity contribution in [3.8, 4) is 0 Å². The monoisotopic (exact) mass is 392 g/mol. The predicted octanol–water partition coefficient (Wildman–Crippen LogP) is 3.04. The molecule has 1 heterocycles. The highest BCUT2D eigenvalue weighted by Crippen LogP contribution is 2.14. The van der Waals surface area contributed by atoms with E-state index in [2.05, 4.69) is 27.4 Å². The van der Waals surface area contributed by atoms with E-state index in [0.717, 1.165) is 12.1 Å². The number of nitrogens with zero attached hydrogens (tertiary/aromatic N) is 3. The molecule has 0 aliphatic heterocycles. The molecule has 0 aliphatic rings. The summed E-state index contributed by atoms with van der Waals surface area (Å²) >= 11 is 0. The van der Waals surface area contributed by atoms with Gasteiger partial charge in [-0.3, -0.25) is 9.59 Å². The molecular formula is C23H28N4O2. The standard InChI is InChI=1S/C23H28N4O2/c1-16(2)14-27-23(29)20-11-6-5-10-19(20)21(25-27)22(28)24-13-17-8-7-9-18(12-17)15-26(3)4/h5-12,16H,13-15H2,1-4H3,(H,24,28). The summed E-state index contributed by atoms with van der Waals surface area (Å²) in [6, 6.07) is 15.3. The molecule has 152 valence electrons. The number of fused-ring (bicyclic) bond motifs is 1. The summed E-state index contributed by atoms with van der Waals surface area (Å²) in [5, 5.41) is 8.45. The first kappa shape index (κ1) is 20.7. The van der Waals surface area contributed by atoms with Gasteiger partial charge in [0.05, 0.1) is 5.39 Å². The zero-order valence-electron chi connectivity index (χ0n) is 17.5. The van der Waals surface area contributed by atoms with Crippen molar-refractivity contribution in [2.45, 2.75) is 33.5 Å². The largest absolute Gasteiger partial charge is 0.347 e. The van der Waals surface area contributed by atoms with Gasteiger partial charge < -0.3 is 10.2 Å². The zero-order valence-corrected chi connectivity index (χ0v) is 17.5. The molecule has 6 heteroatoms. The van der Waals surface area contributed by atoms with Crippen LogP contribution < -0.4 is 10.9 Å². The van der Waals surface area contributed by atoms with Crippen LogP contribution >= 0.6 is 0 Å². The van der Waals surface area contributed by atoms with Crippen molar-refractivity contribution < 1.29 is 4.79 Å². The fourth-order valence-electron chi connectivity index (χ4n) is 3.34. The Morgan fingerprint density at radius 2 is 1.76 bits per heavy atom. The zero-order chi connectivity index (χ0) is 21.0. The van der Waals surface area contributed by atoms with Gasteiger partial charge in [-0.25, -0.2) is 4.68 Å². The lowest BCUT2D eigenvalue weighted by Crippen LogP contribution is -2.31. The lowest BCUT2D eigenvalue weighted by atomic mass is 10.1. The SMILES string of the molecule is CC(C)Cn1nc(C(=O)NCc2cccc(CN(C)C)c2)c2ccccc2c1=O. The molecule has 0 aliphatic carbocycles. The van der Waals surface area contributed by atoms with Crippen LogP contribution in [0.5, 0.6) is 0 Å². The van der Waals surface area contributed by atoms with Crippen molar-refractivity contribution in [3.63, 3.8) is 0 Å². The predicted molar refractivity (Wildman–Crippen MR) is 116 cm³/mol. The molecule has 0 spiro atoms. The van der Waals surface area contributed by atoms with Gasteiger partial charge in [-0.15, -0.1) is 0 Å². The molecular weight excluding hydrogens is 364 g/mol. The first-order valence-corrected chi connectivity index (χ1v) is 9.85. The van der Waals surface area contributed by atoms with Gasteiger partial charge >= 0.3 is 0 Å². The molecule has 1 N–H and O–H groups in total. The third-order valence-corrected chi connectivity index (χ3v) is 4.56. The van der Waals surface area contributed by atoms with Crippen molar-refractivity contribution >= 4 is 16.7 Å². The maximum atomic E-state index is 12.9. The Balaban J connectivity index is 1.87. The highest BCUT2D eigenvalue weighted by Gasteiger charge is 2.17. The van der Waals surface area contributed by atoms with E-state index in [-0.39, 0.29) is 23.1 Å². The normalized spacial score (nSPS) is 11.4. The summed E-state index contributed by atoms with van der Waals surface area (Å²) in [4.78, 5) is 27.8. The smallest absolute Gasteiger partial charge is 0.274 e. The number of amides is 1. The van der Waals surface area contributed by atoms with Crippen LogP contribution in [-0.4, -0.2) is 34.7 Å². The average molecular weight is 393 g/mol. The number of hydrogen-bond donors (Lipinski definition) is 1. The fourth-order valence-corrected chi connectivity index (χ4v) is 3.34. The van der Waals surface area contributed by atoms with Crippen molar-refractivity contribution in [1.82, 2.24) is 20.0 Å². The van der Waals surface area contributed by atoms with Crippen molar-refractivity contribution in [3.05, 3.63) is 75.7 Å². The molecule has 3 aromatic rings. The number of carbonyl (C=O) groups is 1. The summed E-state index contributed by atoms with van der Waals surface area (Å²) in [7, 11) is 4.05. The van der Waals surface area contributed by atoms with Gasteiger partial charge in [0.2, 0.25) is 0 Å². The second-order valence-corrected chi connectivity index (χ2v) is 8.02. The molecule has 29 heavy (non-hydrogen) atoms. The van der Waals surface area contributed by atoms with E-state index in [1.54, 1.807) is 18.2 Å². The lowest BCUT2D eigenvalue weighted by molar-refractivity contribution is 0.0945. The average Bonchev–Trinajstić information content (AvgIpc) is 2.68. The maximum Gasteiger partial charge on any atom is 0.274 e. The quantitative estimate of drug-likeness (QED) is 0.671.